The Morgan fingerprint density at radius 3 is 2.66 bits per heavy atom. The van der Waals surface area contributed by atoms with Crippen LogP contribution in [0.5, 0.6) is 5.75 Å². The van der Waals surface area contributed by atoms with Crippen molar-refractivity contribution in [3.8, 4) is 5.75 Å². The Bertz CT molecular complexity index is 735. The van der Waals surface area contributed by atoms with Gasteiger partial charge in [0.2, 0.25) is 5.82 Å². The van der Waals surface area contributed by atoms with Crippen molar-refractivity contribution in [1.82, 2.24) is 15.3 Å². The zero-order chi connectivity index (χ0) is 21.0. The first-order valence-electron chi connectivity index (χ1n) is 10.6. The van der Waals surface area contributed by atoms with Crippen LogP contribution in [0.15, 0.2) is 24.0 Å². The van der Waals surface area contributed by atoms with E-state index in [0.29, 0.717) is 24.9 Å². The summed E-state index contributed by atoms with van der Waals surface area (Å²) in [5.41, 5.74) is -0.124. The van der Waals surface area contributed by atoms with Crippen molar-refractivity contribution in [3.05, 3.63) is 41.2 Å². The van der Waals surface area contributed by atoms with Crippen molar-refractivity contribution in [2.24, 2.45) is 0 Å². The van der Waals surface area contributed by atoms with Gasteiger partial charge in [0.1, 0.15) is 12.4 Å². The van der Waals surface area contributed by atoms with Crippen molar-refractivity contribution in [3.63, 3.8) is 0 Å². The molecule has 0 saturated heterocycles. The van der Waals surface area contributed by atoms with E-state index in [-0.39, 0.29) is 24.5 Å². The first kappa shape index (κ1) is 22.0. The van der Waals surface area contributed by atoms with Crippen LogP contribution in [0.2, 0.25) is 0 Å². The summed E-state index contributed by atoms with van der Waals surface area (Å²) in [6.07, 6.45) is 6.64. The molecule has 2 aliphatic rings. The number of rotatable bonds is 8. The van der Waals surface area contributed by atoms with Crippen LogP contribution >= 0.6 is 0 Å². The summed E-state index contributed by atoms with van der Waals surface area (Å²) in [5, 5.41) is 17.7. The highest BCUT2D eigenvalue weighted by atomic mass is 19.2. The lowest BCUT2D eigenvalue weighted by Gasteiger charge is -2.47. The molecule has 162 valence electrons. The van der Waals surface area contributed by atoms with E-state index >= 15 is 0 Å². The minimum Gasteiger partial charge on any atom is -0.511 e. The third-order valence-corrected chi connectivity index (χ3v) is 6.39. The molecule has 1 aromatic carbocycles. The normalized spacial score (nSPS) is 20.8. The van der Waals surface area contributed by atoms with Crippen LogP contribution in [-0.2, 0) is 6.54 Å². The highest BCUT2D eigenvalue weighted by Crippen LogP contribution is 2.42. The fraction of sp³-hybridized carbons (Fsp3) is 0.636. The number of hydrogen-bond acceptors (Lipinski definition) is 5. The van der Waals surface area contributed by atoms with Crippen LogP contribution in [-0.4, -0.2) is 53.4 Å². The number of benzene rings is 1. The molecule has 1 aromatic rings. The molecule has 0 aromatic heterocycles. The molecule has 0 amide bonds. The Labute approximate surface area is 172 Å². The molecule has 0 unspecified atom stereocenters. The quantitative estimate of drug-likeness (QED) is 0.632. The maximum atomic E-state index is 14.7. The van der Waals surface area contributed by atoms with Crippen LogP contribution in [0.3, 0.4) is 0 Å². The third-order valence-electron chi connectivity index (χ3n) is 6.39. The van der Waals surface area contributed by atoms with Crippen molar-refractivity contribution >= 4 is 0 Å². The van der Waals surface area contributed by atoms with Gasteiger partial charge in [-0.15, -0.1) is 0 Å². The molecule has 1 aliphatic heterocycles. The number of nitrogens with one attached hydrogen (secondary N) is 1. The van der Waals surface area contributed by atoms with E-state index in [1.54, 1.807) is 12.1 Å². The highest BCUT2D eigenvalue weighted by Gasteiger charge is 2.46. The standard InChI is InChI=1S/C22H33F2N3O2/c1-4-16(2)25-12-14-29-18-8-7-17(20(23)21(18)24)15-27-13-9-19(28)22(26(27)3)10-5-6-11-22/h7-9,16,25,28H,4-6,10-15H2,1-3H3/t16-/m0/s1. The van der Waals surface area contributed by atoms with Gasteiger partial charge in [-0.1, -0.05) is 25.8 Å². The number of nitrogens with zero attached hydrogens (tertiary/aromatic N) is 2. The summed E-state index contributed by atoms with van der Waals surface area (Å²) in [4.78, 5) is 0. The van der Waals surface area contributed by atoms with Gasteiger partial charge in [-0.2, -0.15) is 4.39 Å². The second-order valence-corrected chi connectivity index (χ2v) is 8.16. The van der Waals surface area contributed by atoms with Gasteiger partial charge < -0.3 is 15.2 Å². The van der Waals surface area contributed by atoms with Crippen LogP contribution in [0.1, 0.15) is 51.5 Å². The molecule has 0 radical (unpaired) electrons. The maximum absolute atomic E-state index is 14.7. The number of aliphatic hydroxyl groups excluding tert-OH is 1. The van der Waals surface area contributed by atoms with Crippen molar-refractivity contribution in [2.45, 2.75) is 64.1 Å². The van der Waals surface area contributed by atoms with Gasteiger partial charge >= 0.3 is 0 Å². The van der Waals surface area contributed by atoms with Gasteiger partial charge in [0, 0.05) is 38.3 Å². The van der Waals surface area contributed by atoms with Gasteiger partial charge in [0.15, 0.2) is 11.6 Å². The molecule has 5 nitrogen and oxygen atoms in total. The van der Waals surface area contributed by atoms with Crippen LogP contribution < -0.4 is 10.1 Å². The Morgan fingerprint density at radius 2 is 1.97 bits per heavy atom. The number of hydrogen-bond donors (Lipinski definition) is 2. The molecule has 1 spiro atoms. The number of ether oxygens (including phenoxy) is 1. The Morgan fingerprint density at radius 1 is 1.24 bits per heavy atom. The van der Waals surface area contributed by atoms with Crippen molar-refractivity contribution in [1.29, 1.82) is 0 Å². The Hall–Kier alpha value is -1.70. The average molecular weight is 410 g/mol. The van der Waals surface area contributed by atoms with E-state index in [9.17, 15) is 13.9 Å². The topological polar surface area (TPSA) is 48.0 Å². The first-order chi connectivity index (χ1) is 13.9. The molecular formula is C22H33F2N3O2. The van der Waals surface area contributed by atoms with Crippen LogP contribution in [0.25, 0.3) is 0 Å². The highest BCUT2D eigenvalue weighted by molar-refractivity contribution is 5.31. The van der Waals surface area contributed by atoms with Gasteiger partial charge in [-0.05, 0) is 38.3 Å². The Kier molecular flexibility index (Phi) is 7.14. The molecule has 1 aliphatic carbocycles. The molecule has 3 rings (SSSR count). The minimum atomic E-state index is -0.945. The minimum absolute atomic E-state index is 0.0611. The lowest BCUT2D eigenvalue weighted by Crippen LogP contribution is -2.57. The zero-order valence-electron chi connectivity index (χ0n) is 17.7. The molecule has 1 atom stereocenters. The molecule has 29 heavy (non-hydrogen) atoms. The van der Waals surface area contributed by atoms with E-state index in [1.807, 2.05) is 17.1 Å². The van der Waals surface area contributed by atoms with Crippen molar-refractivity contribution in [2.75, 3.05) is 26.7 Å². The second-order valence-electron chi connectivity index (χ2n) is 8.16. The van der Waals surface area contributed by atoms with E-state index in [1.165, 1.54) is 6.07 Å². The Balaban J connectivity index is 1.65. The molecule has 1 fully saturated rings. The monoisotopic (exact) mass is 409 g/mol. The summed E-state index contributed by atoms with van der Waals surface area (Å²) in [5.74, 6) is -1.48. The van der Waals surface area contributed by atoms with Gasteiger partial charge in [-0.25, -0.2) is 14.4 Å². The van der Waals surface area contributed by atoms with E-state index in [4.69, 9.17) is 4.74 Å². The second kappa shape index (κ2) is 9.41. The molecule has 1 heterocycles. The predicted molar refractivity (Wildman–Crippen MR) is 110 cm³/mol. The van der Waals surface area contributed by atoms with E-state index in [2.05, 4.69) is 19.2 Å². The van der Waals surface area contributed by atoms with Gasteiger partial charge in [-0.3, -0.25) is 0 Å². The fourth-order valence-electron chi connectivity index (χ4n) is 4.26. The largest absolute Gasteiger partial charge is 0.511 e. The van der Waals surface area contributed by atoms with Crippen LogP contribution in [0.4, 0.5) is 8.78 Å². The lowest BCUT2D eigenvalue weighted by atomic mass is 9.92. The number of likely N-dealkylation sites (N-methyl/N-ethyl adjacent to an activating group) is 1. The van der Waals surface area contributed by atoms with E-state index < -0.39 is 17.2 Å². The average Bonchev–Trinajstić information content (AvgIpc) is 3.21. The summed E-state index contributed by atoms with van der Waals surface area (Å²) in [6, 6.07) is 3.45. The maximum Gasteiger partial charge on any atom is 0.200 e. The van der Waals surface area contributed by atoms with Gasteiger partial charge in [0.05, 0.1) is 5.54 Å². The molecule has 0 bridgehead atoms. The van der Waals surface area contributed by atoms with Crippen molar-refractivity contribution < 1.29 is 18.6 Å². The third kappa shape index (κ3) is 4.57. The van der Waals surface area contributed by atoms with Gasteiger partial charge in [0.25, 0.3) is 0 Å². The summed E-state index contributed by atoms with van der Waals surface area (Å²) >= 11 is 0. The number of hydrazine groups is 1. The number of halogens is 2. The lowest BCUT2D eigenvalue weighted by molar-refractivity contribution is -0.0981. The smallest absolute Gasteiger partial charge is 0.200 e. The van der Waals surface area contributed by atoms with E-state index in [0.717, 1.165) is 32.1 Å². The summed E-state index contributed by atoms with van der Waals surface area (Å²) in [7, 11) is 1.92. The molecule has 7 heteroatoms. The SMILES string of the molecule is CC[C@H](C)NCCOc1ccc(CN2CC=C(O)C3(CCCC3)N2C)c(F)c1F. The molecule has 2 N–H and O–H groups in total. The summed E-state index contributed by atoms with van der Waals surface area (Å²) < 4.78 is 34.6. The first-order valence-corrected chi connectivity index (χ1v) is 10.6. The predicted octanol–water partition coefficient (Wildman–Crippen LogP) is 4.15. The molecule has 1 saturated carbocycles. The summed E-state index contributed by atoms with van der Waals surface area (Å²) in [6.45, 7) is 5.70. The van der Waals surface area contributed by atoms with Crippen LogP contribution in [0, 0.1) is 11.6 Å². The fourth-order valence-corrected chi connectivity index (χ4v) is 4.26. The number of aliphatic hydroxyl groups is 1. The molecular weight excluding hydrogens is 376 g/mol. The zero-order valence-corrected chi connectivity index (χ0v) is 17.7.